The SMILES string of the molecule is CC(/C=N\NC(=O)COc1cccc(Cl)c1Cl)=C/c1ccccc1. The van der Waals surface area contributed by atoms with Gasteiger partial charge in [-0.15, -0.1) is 0 Å². The molecule has 0 heterocycles. The average molecular weight is 363 g/mol. The van der Waals surface area contributed by atoms with Crippen molar-refractivity contribution < 1.29 is 9.53 Å². The van der Waals surface area contributed by atoms with Crippen molar-refractivity contribution in [2.75, 3.05) is 6.61 Å². The highest BCUT2D eigenvalue weighted by atomic mass is 35.5. The standard InChI is InChI=1S/C18H16Cl2N2O2/c1-13(10-14-6-3-2-4-7-14)11-21-22-17(23)12-24-16-9-5-8-15(19)18(16)20/h2-11H,12H2,1H3,(H,22,23)/b13-10-,21-11-. The number of carbonyl (C=O) groups excluding carboxylic acids is 1. The summed E-state index contributed by atoms with van der Waals surface area (Å²) >= 11 is 11.8. The van der Waals surface area contributed by atoms with Gasteiger partial charge in [0.2, 0.25) is 0 Å². The molecule has 0 spiro atoms. The lowest BCUT2D eigenvalue weighted by Gasteiger charge is -2.07. The van der Waals surface area contributed by atoms with E-state index in [0.29, 0.717) is 10.8 Å². The molecule has 0 aromatic heterocycles. The molecule has 2 aromatic rings. The van der Waals surface area contributed by atoms with E-state index in [-0.39, 0.29) is 11.6 Å². The van der Waals surface area contributed by atoms with Gasteiger partial charge in [0.05, 0.1) is 11.2 Å². The van der Waals surface area contributed by atoms with Crippen LogP contribution >= 0.6 is 23.2 Å². The first-order valence-electron chi connectivity index (χ1n) is 7.18. The van der Waals surface area contributed by atoms with Crippen LogP contribution in [0.15, 0.2) is 59.2 Å². The first-order valence-corrected chi connectivity index (χ1v) is 7.94. The molecule has 0 aliphatic rings. The monoisotopic (exact) mass is 362 g/mol. The van der Waals surface area contributed by atoms with Gasteiger partial charge in [0.25, 0.3) is 5.91 Å². The third kappa shape index (κ3) is 5.72. The van der Waals surface area contributed by atoms with Gasteiger partial charge >= 0.3 is 0 Å². The number of nitrogens with zero attached hydrogens (tertiary/aromatic N) is 1. The maximum absolute atomic E-state index is 11.7. The normalized spacial score (nSPS) is 11.5. The molecule has 4 nitrogen and oxygen atoms in total. The molecule has 0 saturated carbocycles. The number of allylic oxidation sites excluding steroid dienone is 1. The molecule has 0 saturated heterocycles. The predicted octanol–water partition coefficient (Wildman–Crippen LogP) is 4.58. The van der Waals surface area contributed by atoms with E-state index in [1.165, 1.54) is 0 Å². The Morgan fingerprint density at radius 1 is 1.17 bits per heavy atom. The number of hydrogen-bond acceptors (Lipinski definition) is 3. The Balaban J connectivity index is 1.82. The molecule has 2 aromatic carbocycles. The topological polar surface area (TPSA) is 50.7 Å². The fraction of sp³-hybridized carbons (Fsp3) is 0.111. The highest BCUT2D eigenvalue weighted by Crippen LogP contribution is 2.31. The third-order valence-corrected chi connectivity index (χ3v) is 3.73. The van der Waals surface area contributed by atoms with E-state index < -0.39 is 5.91 Å². The fourth-order valence-corrected chi connectivity index (χ4v) is 2.17. The largest absolute Gasteiger partial charge is 0.482 e. The van der Waals surface area contributed by atoms with Gasteiger partial charge in [-0.3, -0.25) is 4.79 Å². The van der Waals surface area contributed by atoms with Crippen LogP contribution in [0.3, 0.4) is 0 Å². The van der Waals surface area contributed by atoms with Gasteiger partial charge in [0, 0.05) is 0 Å². The van der Waals surface area contributed by atoms with Crippen LogP contribution in [0.4, 0.5) is 0 Å². The summed E-state index contributed by atoms with van der Waals surface area (Å²) in [6.07, 6.45) is 3.52. The Labute approximate surface area is 150 Å². The second-order valence-corrected chi connectivity index (χ2v) is 5.72. The Morgan fingerprint density at radius 3 is 2.67 bits per heavy atom. The van der Waals surface area contributed by atoms with Gasteiger partial charge in [-0.05, 0) is 30.2 Å². The van der Waals surface area contributed by atoms with Gasteiger partial charge in [-0.2, -0.15) is 5.10 Å². The Morgan fingerprint density at radius 2 is 1.92 bits per heavy atom. The second kappa shape index (κ2) is 9.11. The zero-order chi connectivity index (χ0) is 17.4. The number of benzene rings is 2. The fourth-order valence-electron chi connectivity index (χ4n) is 1.83. The van der Waals surface area contributed by atoms with Crippen molar-refractivity contribution in [3.63, 3.8) is 0 Å². The van der Waals surface area contributed by atoms with Gasteiger partial charge in [0.15, 0.2) is 6.61 Å². The van der Waals surface area contributed by atoms with E-state index in [0.717, 1.165) is 11.1 Å². The Bertz CT molecular complexity index is 759. The lowest BCUT2D eigenvalue weighted by Crippen LogP contribution is -2.24. The van der Waals surface area contributed by atoms with Crippen LogP contribution in [0.25, 0.3) is 6.08 Å². The van der Waals surface area contributed by atoms with Crippen LogP contribution in [-0.2, 0) is 4.79 Å². The highest BCUT2D eigenvalue weighted by molar-refractivity contribution is 6.42. The summed E-state index contributed by atoms with van der Waals surface area (Å²) in [6, 6.07) is 14.8. The molecule has 0 aliphatic heterocycles. The first-order chi connectivity index (χ1) is 11.6. The molecule has 0 unspecified atom stereocenters. The van der Waals surface area contributed by atoms with E-state index >= 15 is 0 Å². The van der Waals surface area contributed by atoms with Crippen LogP contribution in [0, 0.1) is 0 Å². The van der Waals surface area contributed by atoms with Crippen molar-refractivity contribution in [1.29, 1.82) is 0 Å². The van der Waals surface area contributed by atoms with Gasteiger partial charge < -0.3 is 4.74 Å². The summed E-state index contributed by atoms with van der Waals surface area (Å²) in [4.78, 5) is 11.7. The van der Waals surface area contributed by atoms with Crippen LogP contribution < -0.4 is 10.2 Å². The van der Waals surface area contributed by atoms with Gasteiger partial charge in [-0.1, -0.05) is 65.7 Å². The number of amides is 1. The molecule has 6 heteroatoms. The molecule has 0 atom stereocenters. The number of rotatable bonds is 6. The Kier molecular flexibility index (Phi) is 6.85. The summed E-state index contributed by atoms with van der Waals surface area (Å²) in [7, 11) is 0. The molecule has 2 rings (SSSR count). The summed E-state index contributed by atoms with van der Waals surface area (Å²) < 4.78 is 5.32. The zero-order valence-corrected chi connectivity index (χ0v) is 14.5. The minimum atomic E-state index is -0.394. The Hall–Kier alpha value is -2.30. The summed E-state index contributed by atoms with van der Waals surface area (Å²) in [5.74, 6) is -0.0433. The van der Waals surface area contributed by atoms with E-state index in [2.05, 4.69) is 10.5 Å². The number of nitrogens with one attached hydrogen (secondary N) is 1. The number of hydrogen-bond donors (Lipinski definition) is 1. The van der Waals surface area contributed by atoms with Crippen molar-refractivity contribution in [3.8, 4) is 5.75 Å². The summed E-state index contributed by atoms with van der Waals surface area (Å²) in [6.45, 7) is 1.68. The van der Waals surface area contributed by atoms with E-state index in [4.69, 9.17) is 27.9 Å². The first kappa shape index (κ1) is 18.0. The third-order valence-electron chi connectivity index (χ3n) is 2.93. The van der Waals surface area contributed by atoms with E-state index in [1.807, 2.05) is 43.3 Å². The molecule has 1 N–H and O–H groups in total. The van der Waals surface area contributed by atoms with Gasteiger partial charge in [-0.25, -0.2) is 5.43 Å². The van der Waals surface area contributed by atoms with Crippen molar-refractivity contribution in [2.24, 2.45) is 5.10 Å². The molecule has 0 bridgehead atoms. The maximum atomic E-state index is 11.7. The minimum Gasteiger partial charge on any atom is -0.482 e. The van der Waals surface area contributed by atoms with Crippen molar-refractivity contribution in [3.05, 3.63) is 69.7 Å². The lowest BCUT2D eigenvalue weighted by molar-refractivity contribution is -0.123. The molecule has 0 fully saturated rings. The van der Waals surface area contributed by atoms with Crippen molar-refractivity contribution >= 4 is 41.4 Å². The summed E-state index contributed by atoms with van der Waals surface area (Å²) in [5.41, 5.74) is 4.36. The van der Waals surface area contributed by atoms with E-state index in [9.17, 15) is 4.79 Å². The van der Waals surface area contributed by atoms with Crippen molar-refractivity contribution in [1.82, 2.24) is 5.43 Å². The van der Waals surface area contributed by atoms with Crippen LogP contribution in [0.2, 0.25) is 10.0 Å². The number of hydrazone groups is 1. The van der Waals surface area contributed by atoms with Crippen LogP contribution in [-0.4, -0.2) is 18.7 Å². The molecular weight excluding hydrogens is 347 g/mol. The highest BCUT2D eigenvalue weighted by Gasteiger charge is 2.07. The molecular formula is C18H16Cl2N2O2. The smallest absolute Gasteiger partial charge is 0.277 e. The molecule has 0 radical (unpaired) electrons. The summed E-state index contributed by atoms with van der Waals surface area (Å²) in [5, 5.41) is 4.53. The molecule has 1 amide bonds. The van der Waals surface area contributed by atoms with E-state index in [1.54, 1.807) is 24.4 Å². The maximum Gasteiger partial charge on any atom is 0.277 e. The van der Waals surface area contributed by atoms with Gasteiger partial charge in [0.1, 0.15) is 10.8 Å². The second-order valence-electron chi connectivity index (χ2n) is 4.93. The molecule has 124 valence electrons. The minimum absolute atomic E-state index is 0.209. The predicted molar refractivity (Wildman–Crippen MR) is 98.7 cm³/mol. The zero-order valence-electron chi connectivity index (χ0n) is 13.0. The molecule has 0 aliphatic carbocycles. The lowest BCUT2D eigenvalue weighted by atomic mass is 10.1. The number of carbonyl (C=O) groups is 1. The molecule has 24 heavy (non-hydrogen) atoms. The quantitative estimate of drug-likeness (QED) is 0.603. The number of ether oxygens (including phenoxy) is 1. The number of halogens is 2. The average Bonchev–Trinajstić information content (AvgIpc) is 2.57. The van der Waals surface area contributed by atoms with Crippen LogP contribution in [0.1, 0.15) is 12.5 Å². The van der Waals surface area contributed by atoms with Crippen LogP contribution in [0.5, 0.6) is 5.75 Å². The van der Waals surface area contributed by atoms with Crippen molar-refractivity contribution in [2.45, 2.75) is 6.92 Å².